The topological polar surface area (TPSA) is 51.4 Å². The van der Waals surface area contributed by atoms with E-state index in [4.69, 9.17) is 9.47 Å². The van der Waals surface area contributed by atoms with Gasteiger partial charge in [0, 0.05) is 6.07 Å². The first-order valence-electron chi connectivity index (χ1n) is 7.79. The van der Waals surface area contributed by atoms with Crippen LogP contribution in [-0.2, 0) is 0 Å². The highest BCUT2D eigenvalue weighted by atomic mass is 16.7. The van der Waals surface area contributed by atoms with Gasteiger partial charge in [0.15, 0.2) is 11.5 Å². The lowest BCUT2D eigenvalue weighted by atomic mass is 10.2. The van der Waals surface area contributed by atoms with Crippen LogP contribution in [0.2, 0.25) is 0 Å². The molecule has 3 heterocycles. The summed E-state index contributed by atoms with van der Waals surface area (Å²) in [5, 5.41) is 6.68. The van der Waals surface area contributed by atoms with Gasteiger partial charge in [0.25, 0.3) is 5.82 Å². The summed E-state index contributed by atoms with van der Waals surface area (Å²) in [7, 11) is 0. The predicted molar refractivity (Wildman–Crippen MR) is 86.9 cm³/mol. The highest BCUT2D eigenvalue weighted by molar-refractivity contribution is 5.80. The summed E-state index contributed by atoms with van der Waals surface area (Å²) < 4.78 is 10.7. The normalized spacial score (nSPS) is 17.0. The number of benzene rings is 1. The molecule has 1 saturated heterocycles. The van der Waals surface area contributed by atoms with Gasteiger partial charge >= 0.3 is 0 Å². The average Bonchev–Trinajstić information content (AvgIpc) is 3.09. The molecule has 0 unspecified atom stereocenters. The molecular weight excluding hydrogens is 292 g/mol. The third kappa shape index (κ3) is 3.06. The first-order valence-corrected chi connectivity index (χ1v) is 7.79. The molecular formula is C17H19N4O2+. The highest BCUT2D eigenvalue weighted by Gasteiger charge is 2.22. The van der Waals surface area contributed by atoms with E-state index in [2.05, 4.69) is 32.1 Å². The molecule has 0 amide bonds. The molecule has 1 aromatic heterocycles. The Labute approximate surface area is 134 Å². The molecule has 4 rings (SSSR count). The van der Waals surface area contributed by atoms with Gasteiger partial charge in [-0.05, 0) is 29.8 Å². The SMILES string of the molecule is C(=NN1CCN(c2cccc[nH+]2)CC1)c1ccc2c(c1)OCO2. The summed E-state index contributed by atoms with van der Waals surface area (Å²) >= 11 is 0. The summed E-state index contributed by atoms with van der Waals surface area (Å²) in [4.78, 5) is 5.62. The van der Waals surface area contributed by atoms with Crippen LogP contribution in [-0.4, -0.2) is 44.2 Å². The molecule has 1 N–H and O–H groups in total. The Kier molecular flexibility index (Phi) is 3.71. The Morgan fingerprint density at radius 1 is 1.00 bits per heavy atom. The number of hydrogen-bond donors (Lipinski definition) is 0. The van der Waals surface area contributed by atoms with Gasteiger partial charge in [0.1, 0.15) is 13.1 Å². The third-order valence-corrected chi connectivity index (χ3v) is 4.06. The van der Waals surface area contributed by atoms with Crippen molar-refractivity contribution in [3.63, 3.8) is 0 Å². The molecule has 6 nitrogen and oxygen atoms in total. The number of piperazine rings is 1. The number of H-pyrrole nitrogens is 1. The van der Waals surface area contributed by atoms with E-state index in [1.54, 1.807) is 0 Å². The zero-order valence-electron chi connectivity index (χ0n) is 12.8. The van der Waals surface area contributed by atoms with Crippen LogP contribution in [0.15, 0.2) is 47.7 Å². The third-order valence-electron chi connectivity index (χ3n) is 4.06. The van der Waals surface area contributed by atoms with Gasteiger partial charge < -0.3 is 9.47 Å². The number of aromatic nitrogens is 1. The number of aromatic amines is 1. The van der Waals surface area contributed by atoms with Crippen molar-refractivity contribution in [3.05, 3.63) is 48.2 Å². The van der Waals surface area contributed by atoms with Crippen molar-refractivity contribution in [2.75, 3.05) is 37.9 Å². The van der Waals surface area contributed by atoms with Crippen molar-refractivity contribution in [3.8, 4) is 11.5 Å². The molecule has 0 aliphatic carbocycles. The first kappa shape index (κ1) is 13.9. The molecule has 0 atom stereocenters. The van der Waals surface area contributed by atoms with Gasteiger partial charge in [-0.15, -0.1) is 0 Å². The lowest BCUT2D eigenvalue weighted by Crippen LogP contribution is -2.45. The maximum Gasteiger partial charge on any atom is 0.274 e. The number of pyridine rings is 1. The smallest absolute Gasteiger partial charge is 0.274 e. The minimum Gasteiger partial charge on any atom is -0.454 e. The average molecular weight is 311 g/mol. The van der Waals surface area contributed by atoms with Crippen LogP contribution >= 0.6 is 0 Å². The largest absolute Gasteiger partial charge is 0.454 e. The molecule has 1 aromatic carbocycles. The molecule has 0 saturated carbocycles. The quantitative estimate of drug-likeness (QED) is 0.804. The second-order valence-corrected chi connectivity index (χ2v) is 5.55. The van der Waals surface area contributed by atoms with Crippen molar-refractivity contribution >= 4 is 12.0 Å². The van der Waals surface area contributed by atoms with E-state index in [0.717, 1.165) is 49.1 Å². The molecule has 1 fully saturated rings. The monoisotopic (exact) mass is 311 g/mol. The summed E-state index contributed by atoms with van der Waals surface area (Å²) in [6.07, 6.45) is 3.84. The molecule has 0 spiro atoms. The summed E-state index contributed by atoms with van der Waals surface area (Å²) in [5.41, 5.74) is 1.02. The Balaban J connectivity index is 1.36. The molecule has 0 bridgehead atoms. The molecule has 2 aliphatic rings. The zero-order chi connectivity index (χ0) is 15.5. The highest BCUT2D eigenvalue weighted by Crippen LogP contribution is 2.32. The fourth-order valence-electron chi connectivity index (χ4n) is 2.77. The van der Waals surface area contributed by atoms with Crippen LogP contribution in [0.4, 0.5) is 5.82 Å². The standard InChI is InChI=1S/C17H18N4O2/c1-2-6-18-17(3-1)20-7-9-21(10-8-20)19-12-14-4-5-15-16(11-14)23-13-22-15/h1-6,11-12H,7-10,13H2/p+1. The molecule has 2 aromatic rings. The van der Waals surface area contributed by atoms with Crippen LogP contribution in [0.1, 0.15) is 5.56 Å². The number of fused-ring (bicyclic) bond motifs is 1. The minimum atomic E-state index is 0.300. The summed E-state index contributed by atoms with van der Waals surface area (Å²) in [6, 6.07) is 12.0. The van der Waals surface area contributed by atoms with E-state index in [1.807, 2.05) is 36.7 Å². The zero-order valence-corrected chi connectivity index (χ0v) is 12.8. The van der Waals surface area contributed by atoms with Gasteiger partial charge in [0.05, 0.1) is 25.5 Å². The van der Waals surface area contributed by atoms with Crippen molar-refractivity contribution in [2.24, 2.45) is 5.10 Å². The lowest BCUT2D eigenvalue weighted by molar-refractivity contribution is -0.364. The fourth-order valence-corrected chi connectivity index (χ4v) is 2.77. The minimum absolute atomic E-state index is 0.300. The Morgan fingerprint density at radius 2 is 1.87 bits per heavy atom. The van der Waals surface area contributed by atoms with E-state index >= 15 is 0 Å². The van der Waals surface area contributed by atoms with E-state index < -0.39 is 0 Å². The molecule has 2 aliphatic heterocycles. The second kappa shape index (κ2) is 6.16. The summed E-state index contributed by atoms with van der Waals surface area (Å²) in [5.74, 6) is 2.75. The molecule has 6 heteroatoms. The maximum absolute atomic E-state index is 5.39. The Hall–Kier alpha value is -2.76. The predicted octanol–water partition coefficient (Wildman–Crippen LogP) is 1.39. The Morgan fingerprint density at radius 3 is 2.70 bits per heavy atom. The van der Waals surface area contributed by atoms with E-state index in [9.17, 15) is 0 Å². The second-order valence-electron chi connectivity index (χ2n) is 5.55. The van der Waals surface area contributed by atoms with Gasteiger partial charge in [-0.1, -0.05) is 6.07 Å². The number of nitrogens with zero attached hydrogens (tertiary/aromatic N) is 3. The molecule has 0 radical (unpaired) electrons. The Bertz CT molecular complexity index is 697. The van der Waals surface area contributed by atoms with Gasteiger partial charge in [-0.2, -0.15) is 5.10 Å². The van der Waals surface area contributed by atoms with Crippen molar-refractivity contribution in [2.45, 2.75) is 0 Å². The van der Waals surface area contributed by atoms with Crippen LogP contribution < -0.4 is 19.4 Å². The van der Waals surface area contributed by atoms with Crippen LogP contribution in [0.25, 0.3) is 0 Å². The fraction of sp³-hybridized carbons (Fsp3) is 0.294. The van der Waals surface area contributed by atoms with E-state index in [0.29, 0.717) is 6.79 Å². The lowest BCUT2D eigenvalue weighted by Gasteiger charge is -2.28. The van der Waals surface area contributed by atoms with Crippen LogP contribution in [0.3, 0.4) is 0 Å². The van der Waals surface area contributed by atoms with Gasteiger partial charge in [-0.3, -0.25) is 9.91 Å². The first-order chi connectivity index (χ1) is 11.4. The number of rotatable bonds is 3. The number of hydrazone groups is 1. The molecule has 23 heavy (non-hydrogen) atoms. The maximum atomic E-state index is 5.39. The van der Waals surface area contributed by atoms with Crippen molar-refractivity contribution in [1.29, 1.82) is 0 Å². The van der Waals surface area contributed by atoms with Crippen LogP contribution in [0.5, 0.6) is 11.5 Å². The summed E-state index contributed by atoms with van der Waals surface area (Å²) in [6.45, 7) is 4.03. The van der Waals surface area contributed by atoms with E-state index in [-0.39, 0.29) is 0 Å². The van der Waals surface area contributed by atoms with Crippen LogP contribution in [0, 0.1) is 0 Å². The molecule has 118 valence electrons. The number of ether oxygens (including phenoxy) is 2. The van der Waals surface area contributed by atoms with Gasteiger partial charge in [0.2, 0.25) is 6.79 Å². The number of nitrogens with one attached hydrogen (secondary N) is 1. The van der Waals surface area contributed by atoms with Crippen molar-refractivity contribution < 1.29 is 14.5 Å². The number of hydrogen-bond acceptors (Lipinski definition) is 5. The van der Waals surface area contributed by atoms with Gasteiger partial charge in [-0.25, -0.2) is 4.98 Å². The number of anilines is 1. The van der Waals surface area contributed by atoms with Crippen molar-refractivity contribution in [1.82, 2.24) is 5.01 Å². The van der Waals surface area contributed by atoms with E-state index in [1.165, 1.54) is 0 Å².